The lowest BCUT2D eigenvalue weighted by molar-refractivity contribution is 0.344. The smallest absolute Gasteiger partial charge is 0.197 e. The maximum Gasteiger partial charge on any atom is 0.197 e. The molecule has 3 nitrogen and oxygen atoms in total. The summed E-state index contributed by atoms with van der Waals surface area (Å²) in [6.07, 6.45) is 3.68. The summed E-state index contributed by atoms with van der Waals surface area (Å²) in [5, 5.41) is 4.10. The third-order valence-electron chi connectivity index (χ3n) is 4.20. The van der Waals surface area contributed by atoms with Gasteiger partial charge in [-0.2, -0.15) is 0 Å². The van der Waals surface area contributed by atoms with Crippen molar-refractivity contribution >= 4 is 28.9 Å². The van der Waals surface area contributed by atoms with E-state index in [1.165, 1.54) is 24.8 Å². The first-order valence-corrected chi connectivity index (χ1v) is 8.90. The summed E-state index contributed by atoms with van der Waals surface area (Å²) < 4.78 is 0. The van der Waals surface area contributed by atoms with Crippen LogP contribution in [0.2, 0.25) is 0 Å². The predicted octanol–water partition coefficient (Wildman–Crippen LogP) is 4.62. The fraction of sp³-hybridized carbons (Fsp3) is 0.300. The minimum Gasteiger partial charge on any atom is -0.347 e. The molecule has 1 aliphatic heterocycles. The standard InChI is InChI=1S/C20H23N3S/c1-16-10-12-17(13-11-16)19(21-18-8-4-2-5-9-18)22-20(24)23-14-6-3-7-15-23/h2,4-5,8-13H,3,6-7,14-15H2,1H3,(H,21,22,24). The Morgan fingerprint density at radius 1 is 0.958 bits per heavy atom. The summed E-state index contributed by atoms with van der Waals surface area (Å²) in [6.45, 7) is 4.10. The number of nitrogens with one attached hydrogen (secondary N) is 1. The van der Waals surface area contributed by atoms with Crippen molar-refractivity contribution in [2.45, 2.75) is 26.2 Å². The summed E-state index contributed by atoms with van der Waals surface area (Å²) in [4.78, 5) is 6.97. The molecule has 1 fully saturated rings. The van der Waals surface area contributed by atoms with Crippen LogP contribution in [0.3, 0.4) is 0 Å². The molecule has 3 rings (SSSR count). The molecule has 124 valence electrons. The summed E-state index contributed by atoms with van der Waals surface area (Å²) >= 11 is 5.59. The van der Waals surface area contributed by atoms with Gasteiger partial charge in [-0.3, -0.25) is 0 Å². The van der Waals surface area contributed by atoms with Gasteiger partial charge >= 0.3 is 0 Å². The Kier molecular flexibility index (Phi) is 5.59. The van der Waals surface area contributed by atoms with Gasteiger partial charge in [-0.15, -0.1) is 0 Å². The molecule has 2 aromatic carbocycles. The molecule has 24 heavy (non-hydrogen) atoms. The van der Waals surface area contributed by atoms with Crippen molar-refractivity contribution in [1.82, 2.24) is 4.90 Å². The topological polar surface area (TPSA) is 27.6 Å². The number of benzene rings is 2. The van der Waals surface area contributed by atoms with Gasteiger partial charge in [-0.05, 0) is 50.5 Å². The Morgan fingerprint density at radius 3 is 2.29 bits per heavy atom. The van der Waals surface area contributed by atoms with Crippen LogP contribution < -0.4 is 5.32 Å². The molecule has 1 saturated heterocycles. The molecule has 0 radical (unpaired) electrons. The highest BCUT2D eigenvalue weighted by atomic mass is 32.1. The van der Waals surface area contributed by atoms with Gasteiger partial charge in [-0.25, -0.2) is 4.99 Å². The van der Waals surface area contributed by atoms with Crippen LogP contribution in [0.1, 0.15) is 30.4 Å². The van der Waals surface area contributed by atoms with Gasteiger partial charge in [0, 0.05) is 24.3 Å². The number of amidine groups is 1. The fourth-order valence-electron chi connectivity index (χ4n) is 2.79. The van der Waals surface area contributed by atoms with Crippen molar-refractivity contribution < 1.29 is 0 Å². The second-order valence-electron chi connectivity index (χ2n) is 6.15. The van der Waals surface area contributed by atoms with E-state index in [4.69, 9.17) is 17.2 Å². The molecule has 1 heterocycles. The summed E-state index contributed by atoms with van der Waals surface area (Å²) in [7, 11) is 0. The van der Waals surface area contributed by atoms with Crippen molar-refractivity contribution in [3.63, 3.8) is 0 Å². The molecule has 0 aliphatic carbocycles. The van der Waals surface area contributed by atoms with E-state index in [0.717, 1.165) is 30.2 Å². The van der Waals surface area contributed by atoms with Gasteiger partial charge in [0.1, 0.15) is 5.84 Å². The van der Waals surface area contributed by atoms with E-state index in [2.05, 4.69) is 41.4 Å². The summed E-state index contributed by atoms with van der Waals surface area (Å²) in [5.74, 6) is 0.803. The van der Waals surface area contributed by atoms with Crippen LogP contribution in [-0.2, 0) is 0 Å². The molecule has 1 aliphatic rings. The minimum atomic E-state index is 0.675. The molecule has 2 aromatic rings. The number of para-hydroxylation sites is 1. The monoisotopic (exact) mass is 337 g/mol. The minimum absolute atomic E-state index is 0.675. The Labute approximate surface area is 149 Å². The highest BCUT2D eigenvalue weighted by Crippen LogP contribution is 2.14. The Bertz CT molecular complexity index is 701. The van der Waals surface area contributed by atoms with Crippen LogP contribution in [0.25, 0.3) is 0 Å². The van der Waals surface area contributed by atoms with E-state index < -0.39 is 0 Å². The largest absolute Gasteiger partial charge is 0.347 e. The number of hydrogen-bond acceptors (Lipinski definition) is 1. The van der Waals surface area contributed by atoms with E-state index in [-0.39, 0.29) is 0 Å². The van der Waals surface area contributed by atoms with E-state index >= 15 is 0 Å². The van der Waals surface area contributed by atoms with Crippen molar-refractivity contribution in [2.24, 2.45) is 4.99 Å². The normalized spacial score (nSPS) is 15.2. The summed E-state index contributed by atoms with van der Waals surface area (Å²) in [6, 6.07) is 18.5. The first kappa shape index (κ1) is 16.7. The second-order valence-corrected chi connectivity index (χ2v) is 6.51. The van der Waals surface area contributed by atoms with Gasteiger partial charge in [0.05, 0.1) is 0 Å². The number of likely N-dealkylation sites (tertiary alicyclic amines) is 1. The fourth-order valence-corrected chi connectivity index (χ4v) is 3.06. The average Bonchev–Trinajstić information content (AvgIpc) is 2.63. The van der Waals surface area contributed by atoms with Crippen molar-refractivity contribution in [3.8, 4) is 0 Å². The zero-order valence-electron chi connectivity index (χ0n) is 14.0. The van der Waals surface area contributed by atoms with Crippen molar-refractivity contribution in [2.75, 3.05) is 18.4 Å². The van der Waals surface area contributed by atoms with Crippen LogP contribution in [-0.4, -0.2) is 28.9 Å². The van der Waals surface area contributed by atoms with E-state index in [0.29, 0.717) is 5.11 Å². The van der Waals surface area contributed by atoms with Crippen molar-refractivity contribution in [1.29, 1.82) is 0 Å². The van der Waals surface area contributed by atoms with Crippen molar-refractivity contribution in [3.05, 3.63) is 65.7 Å². The van der Waals surface area contributed by atoms with E-state index in [1.807, 2.05) is 30.3 Å². The quantitative estimate of drug-likeness (QED) is 0.492. The lowest BCUT2D eigenvalue weighted by Gasteiger charge is -2.27. The molecule has 1 N–H and O–H groups in total. The Balaban J connectivity index is 1.87. The molecule has 0 amide bonds. The molecule has 0 aromatic heterocycles. The highest BCUT2D eigenvalue weighted by molar-refractivity contribution is 7.80. The SMILES string of the molecule is Cc1ccc(C(=NC(=S)N2CCCCC2)Nc2ccccc2)cc1. The Hall–Kier alpha value is -2.20. The zero-order chi connectivity index (χ0) is 16.8. The molecular weight excluding hydrogens is 314 g/mol. The number of rotatable bonds is 2. The molecule has 0 atom stereocenters. The molecular formula is C20H23N3S. The van der Waals surface area contributed by atoms with E-state index in [1.54, 1.807) is 0 Å². The van der Waals surface area contributed by atoms with Gasteiger partial charge in [0.15, 0.2) is 5.11 Å². The Morgan fingerprint density at radius 2 is 1.62 bits per heavy atom. The third-order valence-corrected chi connectivity index (χ3v) is 4.55. The summed E-state index contributed by atoms with van der Waals surface area (Å²) in [5.41, 5.74) is 3.29. The molecule has 0 bridgehead atoms. The predicted molar refractivity (Wildman–Crippen MR) is 106 cm³/mol. The first-order chi connectivity index (χ1) is 11.7. The number of anilines is 1. The van der Waals surface area contributed by atoms with Crippen LogP contribution in [0.4, 0.5) is 5.69 Å². The number of thiocarbonyl (C=S) groups is 1. The zero-order valence-corrected chi connectivity index (χ0v) is 14.9. The van der Waals surface area contributed by atoms with E-state index in [9.17, 15) is 0 Å². The molecule has 0 saturated carbocycles. The number of aryl methyl sites for hydroxylation is 1. The van der Waals surface area contributed by atoms with Gasteiger partial charge in [0.2, 0.25) is 0 Å². The third kappa shape index (κ3) is 4.42. The molecule has 0 spiro atoms. The lowest BCUT2D eigenvalue weighted by atomic mass is 10.1. The first-order valence-electron chi connectivity index (χ1n) is 8.49. The maximum absolute atomic E-state index is 5.59. The number of nitrogens with zero attached hydrogens (tertiary/aromatic N) is 2. The second kappa shape index (κ2) is 8.06. The number of piperidine rings is 1. The van der Waals surface area contributed by atoms with Gasteiger partial charge in [0.25, 0.3) is 0 Å². The van der Waals surface area contributed by atoms with Gasteiger partial charge in [-0.1, -0.05) is 48.0 Å². The van der Waals surface area contributed by atoms with Crippen LogP contribution in [0, 0.1) is 6.92 Å². The van der Waals surface area contributed by atoms with Crippen LogP contribution >= 0.6 is 12.2 Å². The molecule has 4 heteroatoms. The van der Waals surface area contributed by atoms with Crippen LogP contribution in [0.5, 0.6) is 0 Å². The van der Waals surface area contributed by atoms with Gasteiger partial charge < -0.3 is 10.2 Å². The lowest BCUT2D eigenvalue weighted by Crippen LogP contribution is -2.34. The maximum atomic E-state index is 5.59. The highest BCUT2D eigenvalue weighted by Gasteiger charge is 2.14. The average molecular weight is 337 g/mol. The number of hydrogen-bond donors (Lipinski definition) is 1. The number of aliphatic imine (C=N–C) groups is 1. The molecule has 0 unspecified atom stereocenters. The van der Waals surface area contributed by atoms with Crippen LogP contribution in [0.15, 0.2) is 59.6 Å².